The highest BCUT2D eigenvalue weighted by Gasteiger charge is 2.23. The lowest BCUT2D eigenvalue weighted by atomic mass is 10.1. The van der Waals surface area contributed by atoms with E-state index in [1.807, 2.05) is 0 Å². The Balaban J connectivity index is 2.28. The zero-order chi connectivity index (χ0) is 14.3. The van der Waals surface area contributed by atoms with Crippen LogP contribution in [0.2, 0.25) is 0 Å². The fourth-order valence-corrected chi connectivity index (χ4v) is 1.94. The maximum Gasteiger partial charge on any atom is 0.409 e. The SMILES string of the molecule is CCOC(=O)N1CCN(CCC(C=O)C(=O)O)CC1. The Morgan fingerprint density at radius 3 is 2.42 bits per heavy atom. The normalized spacial score (nSPS) is 17.8. The molecule has 0 saturated carbocycles. The number of rotatable bonds is 6. The molecule has 7 heteroatoms. The van der Waals surface area contributed by atoms with Crippen LogP contribution in [0.15, 0.2) is 0 Å². The summed E-state index contributed by atoms with van der Waals surface area (Å²) in [7, 11) is 0. The number of aldehydes is 1. The molecule has 1 heterocycles. The topological polar surface area (TPSA) is 87.2 Å². The minimum absolute atomic E-state index is 0.304. The lowest BCUT2D eigenvalue weighted by molar-refractivity contribution is -0.143. The Kier molecular flexibility index (Phi) is 6.27. The first-order chi connectivity index (χ1) is 9.08. The number of hydrogen-bond acceptors (Lipinski definition) is 5. The first-order valence-corrected chi connectivity index (χ1v) is 6.40. The van der Waals surface area contributed by atoms with Crippen molar-refractivity contribution in [3.63, 3.8) is 0 Å². The number of hydrogen-bond donors (Lipinski definition) is 1. The number of nitrogens with zero attached hydrogens (tertiary/aromatic N) is 2. The minimum Gasteiger partial charge on any atom is -0.481 e. The molecule has 1 aliphatic rings. The monoisotopic (exact) mass is 272 g/mol. The summed E-state index contributed by atoms with van der Waals surface area (Å²) >= 11 is 0. The molecule has 0 radical (unpaired) electrons. The third-order valence-electron chi connectivity index (χ3n) is 3.14. The van der Waals surface area contributed by atoms with Gasteiger partial charge in [0, 0.05) is 26.2 Å². The van der Waals surface area contributed by atoms with Crippen LogP contribution in [0.4, 0.5) is 4.79 Å². The summed E-state index contributed by atoms with van der Waals surface area (Å²) in [6, 6.07) is 0. The summed E-state index contributed by atoms with van der Waals surface area (Å²) in [5, 5.41) is 8.76. The highest BCUT2D eigenvalue weighted by molar-refractivity contribution is 5.86. The molecule has 0 aromatic heterocycles. The van der Waals surface area contributed by atoms with Crippen LogP contribution in [-0.4, -0.2) is 72.6 Å². The van der Waals surface area contributed by atoms with Crippen LogP contribution < -0.4 is 0 Å². The zero-order valence-corrected chi connectivity index (χ0v) is 11.1. The van der Waals surface area contributed by atoms with Crippen molar-refractivity contribution < 1.29 is 24.2 Å². The number of carbonyl (C=O) groups is 3. The van der Waals surface area contributed by atoms with Gasteiger partial charge in [-0.05, 0) is 19.9 Å². The van der Waals surface area contributed by atoms with E-state index in [9.17, 15) is 14.4 Å². The Morgan fingerprint density at radius 1 is 1.32 bits per heavy atom. The zero-order valence-electron chi connectivity index (χ0n) is 11.1. The van der Waals surface area contributed by atoms with Gasteiger partial charge in [-0.2, -0.15) is 0 Å². The Bertz CT molecular complexity index is 326. The molecule has 0 aromatic rings. The Labute approximate surface area is 112 Å². The smallest absolute Gasteiger partial charge is 0.409 e. The molecule has 1 saturated heterocycles. The van der Waals surface area contributed by atoms with Crippen molar-refractivity contribution in [3.05, 3.63) is 0 Å². The second-order valence-electron chi connectivity index (χ2n) is 4.40. The number of aliphatic carboxylic acids is 1. The van der Waals surface area contributed by atoms with Crippen LogP contribution in [0.5, 0.6) is 0 Å². The molecule has 108 valence electrons. The van der Waals surface area contributed by atoms with Crippen molar-refractivity contribution in [2.45, 2.75) is 13.3 Å². The second kappa shape index (κ2) is 7.73. The number of carboxylic acid groups (broad SMARTS) is 1. The quantitative estimate of drug-likeness (QED) is 0.543. The molecule has 1 unspecified atom stereocenters. The molecule has 7 nitrogen and oxygen atoms in total. The van der Waals surface area contributed by atoms with Crippen LogP contribution in [0.25, 0.3) is 0 Å². The molecule has 1 fully saturated rings. The molecule has 0 aromatic carbocycles. The summed E-state index contributed by atoms with van der Waals surface area (Å²) in [6.45, 7) is 5.15. The van der Waals surface area contributed by atoms with Gasteiger partial charge in [0.15, 0.2) is 0 Å². The average molecular weight is 272 g/mol. The van der Waals surface area contributed by atoms with Gasteiger partial charge in [-0.3, -0.25) is 9.69 Å². The molecule has 19 heavy (non-hydrogen) atoms. The van der Waals surface area contributed by atoms with Gasteiger partial charge in [-0.15, -0.1) is 0 Å². The maximum absolute atomic E-state index is 11.5. The fraction of sp³-hybridized carbons (Fsp3) is 0.750. The van der Waals surface area contributed by atoms with Crippen LogP contribution in [-0.2, 0) is 14.3 Å². The molecule has 0 spiro atoms. The number of carbonyl (C=O) groups excluding carboxylic acids is 2. The minimum atomic E-state index is -1.08. The van der Waals surface area contributed by atoms with Crippen molar-refractivity contribution in [1.29, 1.82) is 0 Å². The molecule has 1 aliphatic heterocycles. The van der Waals surface area contributed by atoms with E-state index in [0.717, 1.165) is 0 Å². The van der Waals surface area contributed by atoms with Gasteiger partial charge >= 0.3 is 12.1 Å². The lowest BCUT2D eigenvalue weighted by Gasteiger charge is -2.34. The van der Waals surface area contributed by atoms with Crippen LogP contribution in [0.3, 0.4) is 0 Å². The maximum atomic E-state index is 11.5. The van der Waals surface area contributed by atoms with Crippen LogP contribution in [0.1, 0.15) is 13.3 Å². The summed E-state index contributed by atoms with van der Waals surface area (Å²) in [6.07, 6.45) is 0.466. The summed E-state index contributed by atoms with van der Waals surface area (Å²) in [5.41, 5.74) is 0. The third-order valence-corrected chi connectivity index (χ3v) is 3.14. The molecule has 1 atom stereocenters. The Morgan fingerprint density at radius 2 is 1.95 bits per heavy atom. The molecule has 1 N–H and O–H groups in total. The van der Waals surface area contributed by atoms with E-state index in [1.165, 1.54) is 0 Å². The molecule has 0 bridgehead atoms. The van der Waals surface area contributed by atoms with E-state index < -0.39 is 11.9 Å². The van der Waals surface area contributed by atoms with E-state index in [2.05, 4.69) is 4.90 Å². The lowest BCUT2D eigenvalue weighted by Crippen LogP contribution is -2.49. The van der Waals surface area contributed by atoms with E-state index in [0.29, 0.717) is 52.0 Å². The van der Waals surface area contributed by atoms with Crippen molar-refractivity contribution in [1.82, 2.24) is 9.80 Å². The van der Waals surface area contributed by atoms with Gasteiger partial charge in [-0.25, -0.2) is 4.79 Å². The Hall–Kier alpha value is -1.63. The standard InChI is InChI=1S/C12H20N2O5/c1-2-19-12(18)14-7-5-13(6-8-14)4-3-10(9-15)11(16)17/h9-10H,2-8H2,1H3,(H,16,17). The van der Waals surface area contributed by atoms with Crippen molar-refractivity contribution >= 4 is 18.3 Å². The van der Waals surface area contributed by atoms with Crippen LogP contribution in [0, 0.1) is 5.92 Å². The molecular formula is C12H20N2O5. The van der Waals surface area contributed by atoms with Crippen molar-refractivity contribution in [2.24, 2.45) is 5.92 Å². The summed E-state index contributed by atoms with van der Waals surface area (Å²) in [4.78, 5) is 36.4. The molecule has 1 rings (SSSR count). The van der Waals surface area contributed by atoms with Gasteiger partial charge in [0.1, 0.15) is 12.2 Å². The number of amides is 1. The molecule has 1 amide bonds. The van der Waals surface area contributed by atoms with Crippen molar-refractivity contribution in [2.75, 3.05) is 39.3 Å². The first-order valence-electron chi connectivity index (χ1n) is 6.40. The summed E-state index contributed by atoms with van der Waals surface area (Å²) in [5.74, 6) is -2.02. The van der Waals surface area contributed by atoms with Gasteiger partial charge in [0.25, 0.3) is 0 Å². The van der Waals surface area contributed by atoms with Gasteiger partial charge in [0.2, 0.25) is 0 Å². The number of piperazine rings is 1. The van der Waals surface area contributed by atoms with Gasteiger partial charge < -0.3 is 19.5 Å². The predicted octanol–water partition coefficient (Wildman–Crippen LogP) is 0.0503. The second-order valence-corrected chi connectivity index (χ2v) is 4.40. The highest BCUT2D eigenvalue weighted by atomic mass is 16.6. The fourth-order valence-electron chi connectivity index (χ4n) is 1.94. The predicted molar refractivity (Wildman–Crippen MR) is 66.8 cm³/mol. The van der Waals surface area contributed by atoms with E-state index in [1.54, 1.807) is 11.8 Å². The number of carboxylic acids is 1. The van der Waals surface area contributed by atoms with Crippen molar-refractivity contribution in [3.8, 4) is 0 Å². The molecular weight excluding hydrogens is 252 g/mol. The van der Waals surface area contributed by atoms with Gasteiger partial charge in [-0.1, -0.05) is 0 Å². The third kappa shape index (κ3) is 4.86. The van der Waals surface area contributed by atoms with E-state index >= 15 is 0 Å². The molecule has 0 aliphatic carbocycles. The van der Waals surface area contributed by atoms with E-state index in [4.69, 9.17) is 9.84 Å². The average Bonchev–Trinajstić information content (AvgIpc) is 2.40. The largest absolute Gasteiger partial charge is 0.481 e. The highest BCUT2D eigenvalue weighted by Crippen LogP contribution is 2.07. The number of ether oxygens (including phenoxy) is 1. The van der Waals surface area contributed by atoms with Gasteiger partial charge in [0.05, 0.1) is 6.61 Å². The first kappa shape index (κ1) is 15.4. The summed E-state index contributed by atoms with van der Waals surface area (Å²) < 4.78 is 4.91. The van der Waals surface area contributed by atoms with Crippen LogP contribution >= 0.6 is 0 Å². The van der Waals surface area contributed by atoms with E-state index in [-0.39, 0.29) is 6.09 Å².